The summed E-state index contributed by atoms with van der Waals surface area (Å²) in [5.41, 5.74) is 5.94. The van der Waals surface area contributed by atoms with Crippen LogP contribution < -0.4 is 5.32 Å². The fraction of sp³-hybridized carbons (Fsp3) is 0.273. The summed E-state index contributed by atoms with van der Waals surface area (Å²) in [6.45, 7) is 4.18. The van der Waals surface area contributed by atoms with E-state index in [9.17, 15) is 4.79 Å². The van der Waals surface area contributed by atoms with E-state index in [4.69, 9.17) is 10.1 Å². The summed E-state index contributed by atoms with van der Waals surface area (Å²) in [6.07, 6.45) is 4.03. The third kappa shape index (κ3) is 2.64. The molecule has 0 spiro atoms. The molecule has 140 valence electrons. The van der Waals surface area contributed by atoms with Crippen molar-refractivity contribution in [3.63, 3.8) is 0 Å². The Kier molecular flexibility index (Phi) is 3.86. The zero-order valence-corrected chi connectivity index (χ0v) is 15.9. The lowest BCUT2D eigenvalue weighted by molar-refractivity contribution is -0.116. The molecule has 0 fully saturated rings. The van der Waals surface area contributed by atoms with Gasteiger partial charge in [-0.3, -0.25) is 9.78 Å². The Morgan fingerprint density at radius 2 is 2.00 bits per heavy atom. The molecule has 0 amide bonds. The summed E-state index contributed by atoms with van der Waals surface area (Å²) in [7, 11) is 0. The molecule has 2 aromatic heterocycles. The molecule has 0 bridgehead atoms. The number of carbonyl (C=O) groups excluding carboxylic acids is 1. The van der Waals surface area contributed by atoms with Gasteiger partial charge in [-0.1, -0.05) is 18.2 Å². The normalized spacial score (nSPS) is 18.5. The number of pyridine rings is 1. The number of benzene rings is 1. The van der Waals surface area contributed by atoms with Crippen molar-refractivity contribution < 1.29 is 4.79 Å². The molecule has 1 aromatic carbocycles. The van der Waals surface area contributed by atoms with Crippen LogP contribution in [0, 0.1) is 13.8 Å². The van der Waals surface area contributed by atoms with Crippen LogP contribution in [-0.4, -0.2) is 25.5 Å². The molecule has 1 aliphatic heterocycles. The summed E-state index contributed by atoms with van der Waals surface area (Å²) in [5, 5.41) is 8.16. The van der Waals surface area contributed by atoms with Crippen molar-refractivity contribution in [1.29, 1.82) is 0 Å². The molecule has 28 heavy (non-hydrogen) atoms. The Balaban J connectivity index is 1.67. The molecular formula is C22H21N5O. The smallest absolute Gasteiger partial charge is 0.226 e. The second-order valence-electron chi connectivity index (χ2n) is 7.45. The van der Waals surface area contributed by atoms with E-state index in [0.29, 0.717) is 18.2 Å². The van der Waals surface area contributed by atoms with Gasteiger partial charge in [-0.15, -0.1) is 5.10 Å². The Morgan fingerprint density at radius 3 is 2.79 bits per heavy atom. The zero-order valence-electron chi connectivity index (χ0n) is 15.9. The Morgan fingerprint density at radius 1 is 1.11 bits per heavy atom. The standard InChI is InChI=1S/C22H21N5O/c1-13-9-10-15(12-14(13)2)21-25-22-24-16-7-5-8-18(28)19(16)20(27(22)26-21)17-6-3-4-11-23-17/h3-4,6,9-12,20H,5,7-8H2,1-2H3,(H,24,25,26). The van der Waals surface area contributed by atoms with E-state index < -0.39 is 0 Å². The molecule has 2 aliphatic rings. The lowest BCUT2D eigenvalue weighted by atomic mass is 9.87. The topological polar surface area (TPSA) is 72.7 Å². The minimum atomic E-state index is -0.340. The molecule has 6 nitrogen and oxygen atoms in total. The molecule has 3 heterocycles. The molecule has 0 radical (unpaired) electrons. The van der Waals surface area contributed by atoms with Crippen LogP contribution in [0.4, 0.5) is 5.95 Å². The number of rotatable bonds is 2. The van der Waals surface area contributed by atoms with Crippen molar-refractivity contribution in [3.05, 3.63) is 70.7 Å². The predicted octanol–water partition coefficient (Wildman–Crippen LogP) is 3.98. The number of carbonyl (C=O) groups is 1. The van der Waals surface area contributed by atoms with E-state index in [1.807, 2.05) is 28.9 Å². The number of Topliss-reactive ketones (excluding diaryl/α,β-unsaturated/α-hetero) is 1. The number of aromatic nitrogens is 4. The van der Waals surface area contributed by atoms with Crippen LogP contribution in [0.2, 0.25) is 0 Å². The van der Waals surface area contributed by atoms with Gasteiger partial charge < -0.3 is 5.32 Å². The lowest BCUT2D eigenvalue weighted by Gasteiger charge is -2.31. The second kappa shape index (κ2) is 6.41. The number of nitrogens with one attached hydrogen (secondary N) is 1. The predicted molar refractivity (Wildman–Crippen MR) is 107 cm³/mol. The second-order valence-corrected chi connectivity index (χ2v) is 7.45. The monoisotopic (exact) mass is 371 g/mol. The van der Waals surface area contributed by atoms with Crippen LogP contribution in [0.15, 0.2) is 53.9 Å². The number of hydrogen-bond acceptors (Lipinski definition) is 5. The van der Waals surface area contributed by atoms with Gasteiger partial charge in [-0.05, 0) is 56.0 Å². The average molecular weight is 371 g/mol. The largest absolute Gasteiger partial charge is 0.328 e. The Bertz CT molecular complexity index is 1110. The maximum Gasteiger partial charge on any atom is 0.226 e. The Labute approximate surface area is 163 Å². The molecule has 6 heteroatoms. The minimum Gasteiger partial charge on any atom is -0.328 e. The van der Waals surface area contributed by atoms with Gasteiger partial charge in [-0.2, -0.15) is 4.98 Å². The molecule has 5 rings (SSSR count). The highest BCUT2D eigenvalue weighted by molar-refractivity contribution is 5.99. The van der Waals surface area contributed by atoms with E-state index in [-0.39, 0.29) is 11.8 Å². The maximum absolute atomic E-state index is 12.8. The molecular weight excluding hydrogens is 350 g/mol. The third-order valence-electron chi connectivity index (χ3n) is 5.60. The third-order valence-corrected chi connectivity index (χ3v) is 5.60. The summed E-state index contributed by atoms with van der Waals surface area (Å²) in [4.78, 5) is 22.1. The van der Waals surface area contributed by atoms with Gasteiger partial charge in [0.05, 0.1) is 5.69 Å². The fourth-order valence-corrected chi connectivity index (χ4v) is 3.97. The number of allylic oxidation sites excluding steroid dienone is 2. The highest BCUT2D eigenvalue weighted by Gasteiger charge is 2.37. The molecule has 1 atom stereocenters. The minimum absolute atomic E-state index is 0.165. The van der Waals surface area contributed by atoms with E-state index in [1.165, 1.54) is 11.1 Å². The number of ketones is 1. The molecule has 0 saturated carbocycles. The van der Waals surface area contributed by atoms with Gasteiger partial charge in [0.1, 0.15) is 6.04 Å². The SMILES string of the molecule is Cc1ccc(-c2nc3n(n2)C(c2ccccn2)C2=C(CCCC2=O)N3)cc1C. The number of anilines is 1. The van der Waals surface area contributed by atoms with E-state index in [1.54, 1.807) is 6.20 Å². The first-order valence-corrected chi connectivity index (χ1v) is 9.60. The highest BCUT2D eigenvalue weighted by Crippen LogP contribution is 2.40. The van der Waals surface area contributed by atoms with E-state index >= 15 is 0 Å². The highest BCUT2D eigenvalue weighted by atomic mass is 16.1. The quantitative estimate of drug-likeness (QED) is 0.738. The van der Waals surface area contributed by atoms with Crippen LogP contribution in [0.1, 0.15) is 42.1 Å². The van der Waals surface area contributed by atoms with Crippen LogP contribution in [0.5, 0.6) is 0 Å². The average Bonchev–Trinajstić information content (AvgIpc) is 3.13. The van der Waals surface area contributed by atoms with Crippen molar-refractivity contribution in [2.24, 2.45) is 0 Å². The summed E-state index contributed by atoms with van der Waals surface area (Å²) < 4.78 is 1.81. The first-order valence-electron chi connectivity index (χ1n) is 9.60. The molecule has 1 aliphatic carbocycles. The van der Waals surface area contributed by atoms with Crippen LogP contribution in [-0.2, 0) is 4.79 Å². The molecule has 1 unspecified atom stereocenters. The van der Waals surface area contributed by atoms with Crippen LogP contribution in [0.25, 0.3) is 11.4 Å². The molecule has 1 N–H and O–H groups in total. The van der Waals surface area contributed by atoms with Crippen molar-refractivity contribution in [2.45, 2.75) is 39.2 Å². The van der Waals surface area contributed by atoms with Crippen molar-refractivity contribution in [2.75, 3.05) is 5.32 Å². The zero-order chi connectivity index (χ0) is 19.3. The first-order chi connectivity index (χ1) is 13.6. The van der Waals surface area contributed by atoms with Crippen molar-refractivity contribution in [3.8, 4) is 11.4 Å². The van der Waals surface area contributed by atoms with Gasteiger partial charge in [0.15, 0.2) is 11.6 Å². The van der Waals surface area contributed by atoms with Crippen molar-refractivity contribution in [1.82, 2.24) is 19.7 Å². The van der Waals surface area contributed by atoms with E-state index in [0.717, 1.165) is 35.4 Å². The molecule has 3 aromatic rings. The Hall–Kier alpha value is -3.28. The summed E-state index contributed by atoms with van der Waals surface area (Å²) >= 11 is 0. The van der Waals surface area contributed by atoms with Gasteiger partial charge in [0, 0.05) is 29.5 Å². The lowest BCUT2D eigenvalue weighted by Crippen LogP contribution is -2.32. The van der Waals surface area contributed by atoms with Crippen LogP contribution in [0.3, 0.4) is 0 Å². The number of aryl methyl sites for hydroxylation is 2. The fourth-order valence-electron chi connectivity index (χ4n) is 3.97. The number of fused-ring (bicyclic) bond motifs is 1. The van der Waals surface area contributed by atoms with Gasteiger partial charge in [0.25, 0.3) is 0 Å². The van der Waals surface area contributed by atoms with Crippen LogP contribution >= 0.6 is 0 Å². The maximum atomic E-state index is 12.8. The first kappa shape index (κ1) is 16.9. The van der Waals surface area contributed by atoms with Gasteiger partial charge in [0.2, 0.25) is 5.95 Å². The molecule has 0 saturated heterocycles. The van der Waals surface area contributed by atoms with Gasteiger partial charge >= 0.3 is 0 Å². The number of hydrogen-bond donors (Lipinski definition) is 1. The van der Waals surface area contributed by atoms with Crippen molar-refractivity contribution >= 4 is 11.7 Å². The van der Waals surface area contributed by atoms with Gasteiger partial charge in [-0.25, -0.2) is 4.68 Å². The summed E-state index contributed by atoms with van der Waals surface area (Å²) in [5.74, 6) is 1.48. The van der Waals surface area contributed by atoms with E-state index in [2.05, 4.69) is 36.3 Å². The summed E-state index contributed by atoms with van der Waals surface area (Å²) in [6, 6.07) is 11.7. The number of nitrogens with zero attached hydrogens (tertiary/aromatic N) is 4.